The molecule has 1 aromatic heterocycles. The van der Waals surface area contributed by atoms with Crippen LogP contribution >= 0.6 is 15.9 Å². The standard InChI is InChI=1S/C12H10BrN3O4S/c13-10-5-12(8-14-7-10)21(19,20)15-6-9-2-1-3-11(4-9)16(17)18/h1-5,7-8,15H,6H2. The van der Waals surface area contributed by atoms with Crippen molar-refractivity contribution in [3.8, 4) is 0 Å². The summed E-state index contributed by atoms with van der Waals surface area (Å²) in [6.45, 7) is -0.0451. The van der Waals surface area contributed by atoms with E-state index in [1.807, 2.05) is 0 Å². The number of hydrogen-bond acceptors (Lipinski definition) is 5. The largest absolute Gasteiger partial charge is 0.269 e. The van der Waals surface area contributed by atoms with E-state index in [-0.39, 0.29) is 17.1 Å². The maximum Gasteiger partial charge on any atom is 0.269 e. The Morgan fingerprint density at radius 3 is 2.71 bits per heavy atom. The lowest BCUT2D eigenvalue weighted by Crippen LogP contribution is -2.23. The van der Waals surface area contributed by atoms with E-state index in [1.165, 1.54) is 36.7 Å². The van der Waals surface area contributed by atoms with Crippen LogP contribution in [0.15, 0.2) is 52.1 Å². The van der Waals surface area contributed by atoms with Gasteiger partial charge in [0.15, 0.2) is 0 Å². The number of hydrogen-bond donors (Lipinski definition) is 1. The van der Waals surface area contributed by atoms with Crippen LogP contribution in [0.3, 0.4) is 0 Å². The van der Waals surface area contributed by atoms with Crippen molar-refractivity contribution in [1.82, 2.24) is 9.71 Å². The molecular weight excluding hydrogens is 362 g/mol. The van der Waals surface area contributed by atoms with Crippen LogP contribution in [0.2, 0.25) is 0 Å². The molecule has 1 N–H and O–H groups in total. The summed E-state index contributed by atoms with van der Waals surface area (Å²) in [6, 6.07) is 7.19. The van der Waals surface area contributed by atoms with E-state index >= 15 is 0 Å². The molecule has 0 atom stereocenters. The van der Waals surface area contributed by atoms with Gasteiger partial charge in [0.2, 0.25) is 10.0 Å². The molecule has 0 aliphatic heterocycles. The highest BCUT2D eigenvalue weighted by molar-refractivity contribution is 9.10. The normalized spacial score (nSPS) is 11.3. The minimum Gasteiger partial charge on any atom is -0.262 e. The lowest BCUT2D eigenvalue weighted by atomic mass is 10.2. The molecule has 0 saturated heterocycles. The average molecular weight is 372 g/mol. The molecule has 2 aromatic rings. The van der Waals surface area contributed by atoms with E-state index in [4.69, 9.17) is 0 Å². The molecule has 2 rings (SSSR count). The van der Waals surface area contributed by atoms with Crippen LogP contribution in [-0.2, 0) is 16.6 Å². The van der Waals surface area contributed by atoms with Crippen molar-refractivity contribution in [2.24, 2.45) is 0 Å². The van der Waals surface area contributed by atoms with Crippen molar-refractivity contribution in [2.75, 3.05) is 0 Å². The van der Waals surface area contributed by atoms with E-state index in [1.54, 1.807) is 6.07 Å². The Labute approximate surface area is 129 Å². The van der Waals surface area contributed by atoms with Crippen LogP contribution in [0.4, 0.5) is 5.69 Å². The van der Waals surface area contributed by atoms with Crippen LogP contribution in [0, 0.1) is 10.1 Å². The van der Waals surface area contributed by atoms with Gasteiger partial charge in [0.1, 0.15) is 4.90 Å². The number of sulfonamides is 1. The van der Waals surface area contributed by atoms with Crippen LogP contribution in [-0.4, -0.2) is 18.3 Å². The molecule has 0 bridgehead atoms. The fraction of sp³-hybridized carbons (Fsp3) is 0.0833. The number of nitro benzene ring substituents is 1. The van der Waals surface area contributed by atoms with Gasteiger partial charge in [-0.05, 0) is 27.6 Å². The summed E-state index contributed by atoms with van der Waals surface area (Å²) in [5.41, 5.74) is 0.409. The summed E-state index contributed by atoms with van der Waals surface area (Å²) >= 11 is 3.15. The predicted molar refractivity (Wildman–Crippen MR) is 79.1 cm³/mol. The van der Waals surface area contributed by atoms with E-state index in [9.17, 15) is 18.5 Å². The van der Waals surface area contributed by atoms with Crippen LogP contribution in [0.5, 0.6) is 0 Å². The molecule has 0 radical (unpaired) electrons. The molecule has 21 heavy (non-hydrogen) atoms. The third-order valence-electron chi connectivity index (χ3n) is 2.58. The maximum atomic E-state index is 12.1. The van der Waals surface area contributed by atoms with Gasteiger partial charge in [0.25, 0.3) is 5.69 Å². The lowest BCUT2D eigenvalue weighted by Gasteiger charge is -2.06. The van der Waals surface area contributed by atoms with Gasteiger partial charge >= 0.3 is 0 Å². The van der Waals surface area contributed by atoms with E-state index < -0.39 is 14.9 Å². The van der Waals surface area contributed by atoms with Crippen molar-refractivity contribution in [3.05, 3.63) is 62.9 Å². The SMILES string of the molecule is O=[N+]([O-])c1cccc(CNS(=O)(=O)c2cncc(Br)c2)c1. The van der Waals surface area contributed by atoms with E-state index in [0.29, 0.717) is 10.0 Å². The molecule has 0 spiro atoms. The quantitative estimate of drug-likeness (QED) is 0.641. The molecule has 7 nitrogen and oxygen atoms in total. The number of halogens is 1. The first-order valence-electron chi connectivity index (χ1n) is 5.72. The highest BCUT2D eigenvalue weighted by Crippen LogP contribution is 2.16. The number of non-ortho nitro benzene ring substituents is 1. The molecule has 0 saturated carbocycles. The number of rotatable bonds is 5. The van der Waals surface area contributed by atoms with Gasteiger partial charge < -0.3 is 0 Å². The molecular formula is C12H10BrN3O4S. The second-order valence-electron chi connectivity index (χ2n) is 4.09. The van der Waals surface area contributed by atoms with E-state index in [0.717, 1.165) is 0 Å². The Kier molecular flexibility index (Phi) is 4.66. The van der Waals surface area contributed by atoms with Crippen molar-refractivity contribution in [2.45, 2.75) is 11.4 Å². The highest BCUT2D eigenvalue weighted by Gasteiger charge is 2.15. The van der Waals surface area contributed by atoms with E-state index in [2.05, 4.69) is 25.6 Å². The number of nitro groups is 1. The molecule has 0 aliphatic carbocycles. The zero-order valence-corrected chi connectivity index (χ0v) is 13.0. The second kappa shape index (κ2) is 6.29. The highest BCUT2D eigenvalue weighted by atomic mass is 79.9. The lowest BCUT2D eigenvalue weighted by molar-refractivity contribution is -0.384. The summed E-state index contributed by atoms with van der Waals surface area (Å²) in [7, 11) is -3.73. The monoisotopic (exact) mass is 371 g/mol. The van der Waals surface area contributed by atoms with Gasteiger partial charge in [-0.2, -0.15) is 0 Å². The van der Waals surface area contributed by atoms with Gasteiger partial charge in [-0.15, -0.1) is 0 Å². The van der Waals surface area contributed by atoms with Gasteiger partial charge in [-0.3, -0.25) is 15.1 Å². The van der Waals surface area contributed by atoms with Crippen LogP contribution in [0.25, 0.3) is 0 Å². The number of nitrogens with one attached hydrogen (secondary N) is 1. The van der Waals surface area contributed by atoms with Gasteiger partial charge in [-0.1, -0.05) is 12.1 Å². The zero-order valence-electron chi connectivity index (χ0n) is 10.6. The third-order valence-corrected chi connectivity index (χ3v) is 4.38. The fourth-order valence-electron chi connectivity index (χ4n) is 1.58. The Morgan fingerprint density at radius 2 is 2.05 bits per heavy atom. The first kappa shape index (κ1) is 15.5. The van der Waals surface area contributed by atoms with Gasteiger partial charge in [0.05, 0.1) is 4.92 Å². The van der Waals surface area contributed by atoms with Gasteiger partial charge in [0, 0.05) is 35.5 Å². The van der Waals surface area contributed by atoms with Crippen LogP contribution < -0.4 is 4.72 Å². The summed E-state index contributed by atoms with van der Waals surface area (Å²) in [5, 5.41) is 10.7. The summed E-state index contributed by atoms with van der Waals surface area (Å²) < 4.78 is 27.1. The summed E-state index contributed by atoms with van der Waals surface area (Å²) in [4.78, 5) is 13.9. The summed E-state index contributed by atoms with van der Waals surface area (Å²) in [5.74, 6) is 0. The number of pyridine rings is 1. The Bertz CT molecular complexity index is 780. The Hall–Kier alpha value is -1.84. The molecule has 1 aromatic carbocycles. The minimum absolute atomic E-state index is 0.0160. The van der Waals surface area contributed by atoms with Crippen molar-refractivity contribution >= 4 is 31.6 Å². The maximum absolute atomic E-state index is 12.1. The van der Waals surface area contributed by atoms with Crippen molar-refractivity contribution < 1.29 is 13.3 Å². The fourth-order valence-corrected chi connectivity index (χ4v) is 3.10. The number of nitrogens with zero attached hydrogens (tertiary/aromatic N) is 2. The first-order chi connectivity index (χ1) is 9.88. The molecule has 1 heterocycles. The Balaban J connectivity index is 2.15. The first-order valence-corrected chi connectivity index (χ1v) is 8.00. The number of aromatic nitrogens is 1. The minimum atomic E-state index is -3.73. The number of benzene rings is 1. The molecule has 9 heteroatoms. The zero-order chi connectivity index (χ0) is 15.5. The van der Waals surface area contributed by atoms with Gasteiger partial charge in [-0.25, -0.2) is 13.1 Å². The summed E-state index contributed by atoms with van der Waals surface area (Å²) in [6.07, 6.45) is 2.69. The van der Waals surface area contributed by atoms with Crippen molar-refractivity contribution in [3.63, 3.8) is 0 Å². The molecule has 0 fully saturated rings. The topological polar surface area (TPSA) is 102 Å². The molecule has 0 unspecified atom stereocenters. The van der Waals surface area contributed by atoms with Crippen molar-refractivity contribution in [1.29, 1.82) is 0 Å². The second-order valence-corrected chi connectivity index (χ2v) is 6.77. The molecule has 0 aliphatic rings. The third kappa shape index (κ3) is 4.06. The molecule has 110 valence electrons. The predicted octanol–water partition coefficient (Wildman–Crippen LogP) is 2.23. The average Bonchev–Trinajstić information content (AvgIpc) is 2.45. The molecule has 0 amide bonds. The smallest absolute Gasteiger partial charge is 0.262 e. The van der Waals surface area contributed by atoms with Crippen LogP contribution in [0.1, 0.15) is 5.56 Å². The Morgan fingerprint density at radius 1 is 1.29 bits per heavy atom.